The Morgan fingerprint density at radius 1 is 1.03 bits per heavy atom. The molecular weight excluding hydrogens is 480 g/mol. The van der Waals surface area contributed by atoms with Crippen molar-refractivity contribution >= 4 is 45.3 Å². The molecule has 6 rings (SSSR count). The van der Waals surface area contributed by atoms with Crippen molar-refractivity contribution in [2.24, 2.45) is 0 Å². The summed E-state index contributed by atoms with van der Waals surface area (Å²) < 4.78 is 1.74. The minimum atomic E-state index is -0.0249. The summed E-state index contributed by atoms with van der Waals surface area (Å²) >= 11 is 1.66. The average molecular weight is 511 g/mol. The highest BCUT2D eigenvalue weighted by Crippen LogP contribution is 2.34. The van der Waals surface area contributed by atoms with Crippen LogP contribution in [0.4, 0.5) is 17.3 Å². The highest BCUT2D eigenvalue weighted by atomic mass is 32.1. The van der Waals surface area contributed by atoms with Crippen LogP contribution in [0.3, 0.4) is 0 Å². The van der Waals surface area contributed by atoms with Crippen molar-refractivity contribution in [2.75, 3.05) is 43.4 Å². The van der Waals surface area contributed by atoms with E-state index in [1.54, 1.807) is 22.1 Å². The van der Waals surface area contributed by atoms with Gasteiger partial charge in [-0.2, -0.15) is 4.98 Å². The third-order valence-electron chi connectivity index (χ3n) is 7.09. The number of likely N-dealkylation sites (N-methyl/N-ethyl adjacent to an activating group) is 1. The summed E-state index contributed by atoms with van der Waals surface area (Å²) in [6.07, 6.45) is 9.12. The molecule has 1 aliphatic carbocycles. The van der Waals surface area contributed by atoms with E-state index in [1.807, 2.05) is 19.1 Å². The molecule has 0 bridgehead atoms. The fraction of sp³-hybridized carbons (Fsp3) is 0.276. The van der Waals surface area contributed by atoms with Gasteiger partial charge in [0.2, 0.25) is 5.95 Å². The SMILES string of the molecule is CCn1c(=O)c(-c2ccc(C3=CC=CC3)s2)cc2cnc(Nc3ccc(N4CCN(C)CC4)cc3)nc21. The molecule has 4 aromatic rings. The number of allylic oxidation sites excluding steroid dienone is 4. The van der Waals surface area contributed by atoms with Crippen LogP contribution in [0.15, 0.2) is 71.7 Å². The van der Waals surface area contributed by atoms with Crippen molar-refractivity contribution in [1.82, 2.24) is 19.4 Å². The van der Waals surface area contributed by atoms with Gasteiger partial charge in [0.05, 0.1) is 5.56 Å². The third kappa shape index (κ3) is 4.70. The van der Waals surface area contributed by atoms with E-state index in [4.69, 9.17) is 4.98 Å². The minimum absolute atomic E-state index is 0.0249. The van der Waals surface area contributed by atoms with Gasteiger partial charge in [-0.15, -0.1) is 11.3 Å². The first-order chi connectivity index (χ1) is 18.1. The average Bonchev–Trinajstić information content (AvgIpc) is 3.62. The van der Waals surface area contributed by atoms with Crippen molar-refractivity contribution in [1.29, 1.82) is 0 Å². The van der Waals surface area contributed by atoms with Crippen LogP contribution in [0, 0.1) is 0 Å². The second kappa shape index (κ2) is 9.95. The van der Waals surface area contributed by atoms with Gasteiger partial charge in [-0.05, 0) is 68.4 Å². The molecule has 2 aliphatic rings. The minimum Gasteiger partial charge on any atom is -0.369 e. The topological polar surface area (TPSA) is 66.3 Å². The Hall–Kier alpha value is -3.75. The van der Waals surface area contributed by atoms with Gasteiger partial charge in [-0.3, -0.25) is 9.36 Å². The van der Waals surface area contributed by atoms with E-state index in [-0.39, 0.29) is 5.56 Å². The number of hydrogen-bond acceptors (Lipinski definition) is 7. The Morgan fingerprint density at radius 2 is 1.81 bits per heavy atom. The number of pyridine rings is 1. The summed E-state index contributed by atoms with van der Waals surface area (Å²) in [5.41, 5.74) is 4.75. The van der Waals surface area contributed by atoms with Gasteiger partial charge < -0.3 is 15.1 Å². The third-order valence-corrected chi connectivity index (χ3v) is 8.29. The zero-order chi connectivity index (χ0) is 25.4. The standard InChI is InChI=1S/C29H30N6OS/c1-3-35-27-21(18-24(28(35)36)26-13-12-25(37-26)20-6-4-5-7-20)19-30-29(32-27)31-22-8-10-23(11-9-22)34-16-14-33(2)15-17-34/h4-6,8-13,18-19H,3,7,14-17H2,1-2H3,(H,30,31,32). The van der Waals surface area contributed by atoms with E-state index >= 15 is 0 Å². The molecule has 1 aromatic carbocycles. The Bertz CT molecular complexity index is 1560. The quantitative estimate of drug-likeness (QED) is 0.376. The number of hydrogen-bond donors (Lipinski definition) is 1. The van der Waals surface area contributed by atoms with Crippen LogP contribution in [-0.2, 0) is 6.54 Å². The largest absolute Gasteiger partial charge is 0.369 e. The summed E-state index contributed by atoms with van der Waals surface area (Å²) in [4.78, 5) is 29.7. The van der Waals surface area contributed by atoms with Crippen molar-refractivity contribution < 1.29 is 0 Å². The van der Waals surface area contributed by atoms with Crippen LogP contribution in [-0.4, -0.2) is 52.7 Å². The second-order valence-electron chi connectivity index (χ2n) is 9.53. The van der Waals surface area contributed by atoms with Crippen LogP contribution >= 0.6 is 11.3 Å². The molecule has 0 saturated carbocycles. The summed E-state index contributed by atoms with van der Waals surface area (Å²) in [5, 5.41) is 4.16. The predicted molar refractivity (Wildman–Crippen MR) is 154 cm³/mol. The lowest BCUT2D eigenvalue weighted by atomic mass is 10.1. The molecule has 8 heteroatoms. The first kappa shape index (κ1) is 23.6. The van der Waals surface area contributed by atoms with Gasteiger partial charge in [0.25, 0.3) is 5.56 Å². The number of aromatic nitrogens is 3. The first-order valence-electron chi connectivity index (χ1n) is 12.8. The summed E-state index contributed by atoms with van der Waals surface area (Å²) in [5.74, 6) is 0.480. The molecule has 1 fully saturated rings. The Labute approximate surface area is 220 Å². The van der Waals surface area contributed by atoms with Gasteiger partial charge in [0.15, 0.2) is 0 Å². The van der Waals surface area contributed by atoms with Crippen molar-refractivity contribution in [3.05, 3.63) is 82.1 Å². The maximum absolute atomic E-state index is 13.5. The van der Waals surface area contributed by atoms with Crippen LogP contribution in [0.2, 0.25) is 0 Å². The number of nitrogens with zero attached hydrogens (tertiary/aromatic N) is 5. The first-order valence-corrected chi connectivity index (χ1v) is 13.6. The van der Waals surface area contributed by atoms with E-state index in [2.05, 4.69) is 75.7 Å². The molecule has 4 heterocycles. The molecule has 7 nitrogen and oxygen atoms in total. The molecule has 1 N–H and O–H groups in total. The molecule has 0 unspecified atom stereocenters. The normalized spacial score (nSPS) is 15.9. The smallest absolute Gasteiger partial charge is 0.260 e. The van der Waals surface area contributed by atoms with E-state index in [9.17, 15) is 4.79 Å². The monoisotopic (exact) mass is 510 g/mol. The van der Waals surface area contributed by atoms with Crippen LogP contribution in [0.5, 0.6) is 0 Å². The number of piperazine rings is 1. The van der Waals surface area contributed by atoms with E-state index in [0.717, 1.165) is 48.6 Å². The maximum Gasteiger partial charge on any atom is 0.260 e. The van der Waals surface area contributed by atoms with Gasteiger partial charge >= 0.3 is 0 Å². The van der Waals surface area contributed by atoms with Crippen LogP contribution in [0.1, 0.15) is 18.2 Å². The number of rotatable bonds is 6. The van der Waals surface area contributed by atoms with Crippen molar-refractivity contribution in [2.45, 2.75) is 19.9 Å². The molecule has 188 valence electrons. The maximum atomic E-state index is 13.5. The number of thiophene rings is 1. The lowest BCUT2D eigenvalue weighted by Crippen LogP contribution is -2.44. The highest BCUT2D eigenvalue weighted by Gasteiger charge is 2.16. The molecule has 1 saturated heterocycles. The summed E-state index contributed by atoms with van der Waals surface area (Å²) in [6.45, 7) is 6.74. The fourth-order valence-electron chi connectivity index (χ4n) is 4.92. The van der Waals surface area contributed by atoms with Gasteiger partial charge in [-0.1, -0.05) is 18.2 Å². The molecule has 0 atom stereocenters. The Kier molecular flexibility index (Phi) is 6.36. The molecule has 1 aliphatic heterocycles. The van der Waals surface area contributed by atoms with Gasteiger partial charge in [0.1, 0.15) is 5.65 Å². The fourth-order valence-corrected chi connectivity index (χ4v) is 5.97. The number of aryl methyl sites for hydroxylation is 1. The Balaban J connectivity index is 1.26. The number of nitrogens with one attached hydrogen (secondary N) is 1. The van der Waals surface area contributed by atoms with Crippen molar-refractivity contribution in [3.63, 3.8) is 0 Å². The second-order valence-corrected chi connectivity index (χ2v) is 10.6. The number of fused-ring (bicyclic) bond motifs is 1. The lowest BCUT2D eigenvalue weighted by Gasteiger charge is -2.34. The number of anilines is 3. The van der Waals surface area contributed by atoms with E-state index in [1.165, 1.54) is 16.1 Å². The summed E-state index contributed by atoms with van der Waals surface area (Å²) in [6, 6.07) is 14.5. The Morgan fingerprint density at radius 3 is 2.54 bits per heavy atom. The lowest BCUT2D eigenvalue weighted by molar-refractivity contribution is 0.313. The van der Waals surface area contributed by atoms with Gasteiger partial charge in [-0.25, -0.2) is 4.98 Å². The zero-order valence-corrected chi connectivity index (χ0v) is 22.0. The summed E-state index contributed by atoms with van der Waals surface area (Å²) in [7, 11) is 2.16. The molecule has 0 radical (unpaired) electrons. The van der Waals surface area contributed by atoms with Crippen LogP contribution < -0.4 is 15.8 Å². The predicted octanol–water partition coefficient (Wildman–Crippen LogP) is 5.38. The molecule has 3 aromatic heterocycles. The molecule has 37 heavy (non-hydrogen) atoms. The van der Waals surface area contributed by atoms with Gasteiger partial charge in [0, 0.05) is 65.4 Å². The molecule has 0 amide bonds. The molecule has 0 spiro atoms. The van der Waals surface area contributed by atoms with E-state index in [0.29, 0.717) is 23.7 Å². The van der Waals surface area contributed by atoms with Crippen LogP contribution in [0.25, 0.3) is 27.0 Å². The van der Waals surface area contributed by atoms with E-state index < -0.39 is 0 Å². The zero-order valence-electron chi connectivity index (χ0n) is 21.1. The number of benzene rings is 1. The highest BCUT2D eigenvalue weighted by molar-refractivity contribution is 7.16. The van der Waals surface area contributed by atoms with Crippen molar-refractivity contribution in [3.8, 4) is 10.4 Å². The molecular formula is C29H30N6OS.